The monoisotopic (exact) mass is 165 g/mol. The fraction of sp³-hybridized carbons (Fsp3) is 0.444. The van der Waals surface area contributed by atoms with Gasteiger partial charge in [0.25, 0.3) is 0 Å². The van der Waals surface area contributed by atoms with Gasteiger partial charge in [-0.05, 0) is 18.6 Å². The summed E-state index contributed by atoms with van der Waals surface area (Å²) in [7, 11) is 0. The molecule has 12 heavy (non-hydrogen) atoms. The molecule has 0 amide bonds. The van der Waals surface area contributed by atoms with Gasteiger partial charge >= 0.3 is 0 Å². The molecule has 0 saturated heterocycles. The van der Waals surface area contributed by atoms with E-state index in [1.165, 1.54) is 0 Å². The molecule has 0 fully saturated rings. The second kappa shape index (κ2) is 4.72. The fourth-order valence-electron chi connectivity index (χ4n) is 1.07. The van der Waals surface area contributed by atoms with Crippen LogP contribution in [0.25, 0.3) is 6.08 Å². The van der Waals surface area contributed by atoms with Crippen molar-refractivity contribution in [3.05, 3.63) is 24.0 Å². The number of hydrogen-bond acceptors (Lipinski definition) is 2. The van der Waals surface area contributed by atoms with E-state index in [4.69, 9.17) is 5.73 Å². The second-order valence-electron chi connectivity index (χ2n) is 2.62. The van der Waals surface area contributed by atoms with Crippen molar-refractivity contribution in [2.45, 2.75) is 19.9 Å². The van der Waals surface area contributed by atoms with Gasteiger partial charge in [0.1, 0.15) is 0 Å². The normalized spacial score (nSPS) is 11.2. The summed E-state index contributed by atoms with van der Waals surface area (Å²) in [5.41, 5.74) is 6.48. The van der Waals surface area contributed by atoms with E-state index in [1.54, 1.807) is 0 Å². The minimum absolute atomic E-state index is 0.581. The quantitative estimate of drug-likeness (QED) is 0.730. The Morgan fingerprint density at radius 2 is 2.50 bits per heavy atom. The van der Waals surface area contributed by atoms with Gasteiger partial charge in [0.05, 0.1) is 5.69 Å². The van der Waals surface area contributed by atoms with Crippen molar-refractivity contribution in [1.82, 2.24) is 9.78 Å². The van der Waals surface area contributed by atoms with Crippen LogP contribution in [0.3, 0.4) is 0 Å². The molecule has 0 aliphatic rings. The first kappa shape index (κ1) is 9.00. The number of aryl methyl sites for hydroxylation is 1. The number of hydrogen-bond donors (Lipinski definition) is 1. The van der Waals surface area contributed by atoms with Gasteiger partial charge in [0.15, 0.2) is 0 Å². The molecule has 3 heteroatoms. The minimum atomic E-state index is 0.581. The Hall–Kier alpha value is -1.09. The minimum Gasteiger partial charge on any atom is -0.327 e. The van der Waals surface area contributed by atoms with Crippen molar-refractivity contribution >= 4 is 6.08 Å². The highest BCUT2D eigenvalue weighted by Gasteiger charge is 1.95. The lowest BCUT2D eigenvalue weighted by Gasteiger charge is -2.00. The lowest BCUT2D eigenvalue weighted by Crippen LogP contribution is -2.01. The molecule has 0 atom stereocenters. The van der Waals surface area contributed by atoms with Crippen LogP contribution >= 0.6 is 0 Å². The predicted octanol–water partition coefficient (Wildman–Crippen LogP) is 1.27. The van der Waals surface area contributed by atoms with Crippen molar-refractivity contribution in [2.75, 3.05) is 6.54 Å². The first-order valence-corrected chi connectivity index (χ1v) is 4.27. The molecule has 2 N–H and O–H groups in total. The molecule has 0 spiro atoms. The molecule has 0 aliphatic heterocycles. The van der Waals surface area contributed by atoms with Crippen molar-refractivity contribution in [3.8, 4) is 0 Å². The van der Waals surface area contributed by atoms with E-state index in [9.17, 15) is 0 Å². The van der Waals surface area contributed by atoms with Gasteiger partial charge in [-0.2, -0.15) is 5.10 Å². The zero-order chi connectivity index (χ0) is 8.81. The van der Waals surface area contributed by atoms with Crippen molar-refractivity contribution < 1.29 is 0 Å². The van der Waals surface area contributed by atoms with Crippen LogP contribution in [0, 0.1) is 0 Å². The summed E-state index contributed by atoms with van der Waals surface area (Å²) in [6.07, 6.45) is 6.85. The molecule has 0 unspecified atom stereocenters. The van der Waals surface area contributed by atoms with Crippen LogP contribution in [0.4, 0.5) is 0 Å². The lowest BCUT2D eigenvalue weighted by molar-refractivity contribution is 0.598. The average Bonchev–Trinajstić information content (AvgIpc) is 2.50. The van der Waals surface area contributed by atoms with Gasteiger partial charge in [0, 0.05) is 19.3 Å². The SMILES string of the molecule is CCCn1nccc1/C=C/CN. The Morgan fingerprint density at radius 3 is 3.17 bits per heavy atom. The highest BCUT2D eigenvalue weighted by Crippen LogP contribution is 2.01. The summed E-state index contributed by atoms with van der Waals surface area (Å²) in [5, 5.41) is 4.18. The molecule has 1 rings (SSSR count). The zero-order valence-corrected chi connectivity index (χ0v) is 7.40. The maximum Gasteiger partial charge on any atom is 0.0607 e. The number of nitrogens with zero attached hydrogens (tertiary/aromatic N) is 2. The largest absolute Gasteiger partial charge is 0.327 e. The van der Waals surface area contributed by atoms with E-state index in [0.29, 0.717) is 6.54 Å². The Labute approximate surface area is 72.9 Å². The Bertz CT molecular complexity index is 250. The maximum absolute atomic E-state index is 5.35. The van der Waals surface area contributed by atoms with Gasteiger partial charge in [-0.25, -0.2) is 0 Å². The average molecular weight is 165 g/mol. The summed E-state index contributed by atoms with van der Waals surface area (Å²) in [6, 6.07) is 1.99. The Morgan fingerprint density at radius 1 is 1.67 bits per heavy atom. The molecule has 1 heterocycles. The molecule has 3 nitrogen and oxygen atoms in total. The van der Waals surface area contributed by atoms with E-state index in [1.807, 2.05) is 29.1 Å². The third kappa shape index (κ3) is 2.20. The smallest absolute Gasteiger partial charge is 0.0607 e. The standard InChI is InChI=1S/C9H15N3/c1-2-8-12-9(4-3-6-10)5-7-11-12/h3-5,7H,2,6,8,10H2,1H3/b4-3+. The third-order valence-electron chi connectivity index (χ3n) is 1.61. The summed E-state index contributed by atoms with van der Waals surface area (Å²) in [5.74, 6) is 0. The molecular weight excluding hydrogens is 150 g/mol. The van der Waals surface area contributed by atoms with Crippen LogP contribution in [0.5, 0.6) is 0 Å². The van der Waals surface area contributed by atoms with Gasteiger partial charge in [-0.15, -0.1) is 0 Å². The Kier molecular flexibility index (Phi) is 3.54. The molecule has 1 aromatic rings. The zero-order valence-electron chi connectivity index (χ0n) is 7.40. The number of aromatic nitrogens is 2. The van der Waals surface area contributed by atoms with Gasteiger partial charge < -0.3 is 5.73 Å². The fourth-order valence-corrected chi connectivity index (χ4v) is 1.07. The molecule has 66 valence electrons. The molecular formula is C9H15N3. The molecule has 0 aromatic carbocycles. The first-order valence-electron chi connectivity index (χ1n) is 4.27. The highest BCUT2D eigenvalue weighted by atomic mass is 15.3. The van der Waals surface area contributed by atoms with E-state index in [-0.39, 0.29) is 0 Å². The van der Waals surface area contributed by atoms with E-state index < -0.39 is 0 Å². The van der Waals surface area contributed by atoms with Crippen molar-refractivity contribution in [3.63, 3.8) is 0 Å². The maximum atomic E-state index is 5.35. The highest BCUT2D eigenvalue weighted by molar-refractivity contribution is 5.44. The summed E-state index contributed by atoms with van der Waals surface area (Å²) in [4.78, 5) is 0. The van der Waals surface area contributed by atoms with Crippen LogP contribution in [-0.4, -0.2) is 16.3 Å². The van der Waals surface area contributed by atoms with Crippen LogP contribution in [0.1, 0.15) is 19.0 Å². The predicted molar refractivity (Wildman–Crippen MR) is 50.6 cm³/mol. The van der Waals surface area contributed by atoms with Crippen LogP contribution in [0.2, 0.25) is 0 Å². The van der Waals surface area contributed by atoms with Gasteiger partial charge in [-0.3, -0.25) is 4.68 Å². The van der Waals surface area contributed by atoms with Gasteiger partial charge in [-0.1, -0.05) is 13.0 Å². The molecule has 0 bridgehead atoms. The topological polar surface area (TPSA) is 43.8 Å². The van der Waals surface area contributed by atoms with E-state index in [2.05, 4.69) is 12.0 Å². The molecule has 0 saturated carbocycles. The Balaban J connectivity index is 2.69. The summed E-state index contributed by atoms with van der Waals surface area (Å²) in [6.45, 7) is 3.69. The van der Waals surface area contributed by atoms with Crippen LogP contribution < -0.4 is 5.73 Å². The van der Waals surface area contributed by atoms with E-state index in [0.717, 1.165) is 18.7 Å². The summed E-state index contributed by atoms with van der Waals surface area (Å²) < 4.78 is 1.98. The molecule has 1 aromatic heterocycles. The second-order valence-corrected chi connectivity index (χ2v) is 2.62. The van der Waals surface area contributed by atoms with Crippen LogP contribution in [-0.2, 0) is 6.54 Å². The molecule has 0 aliphatic carbocycles. The van der Waals surface area contributed by atoms with Crippen molar-refractivity contribution in [1.29, 1.82) is 0 Å². The lowest BCUT2D eigenvalue weighted by atomic mass is 10.3. The third-order valence-corrected chi connectivity index (χ3v) is 1.61. The van der Waals surface area contributed by atoms with Crippen molar-refractivity contribution in [2.24, 2.45) is 5.73 Å². The first-order chi connectivity index (χ1) is 5.88. The van der Waals surface area contributed by atoms with E-state index >= 15 is 0 Å². The number of nitrogens with two attached hydrogens (primary N) is 1. The van der Waals surface area contributed by atoms with Gasteiger partial charge in [0.2, 0.25) is 0 Å². The number of rotatable bonds is 4. The summed E-state index contributed by atoms with van der Waals surface area (Å²) >= 11 is 0. The van der Waals surface area contributed by atoms with Crippen LogP contribution in [0.15, 0.2) is 18.3 Å². The molecule has 0 radical (unpaired) electrons.